The van der Waals surface area contributed by atoms with Crippen molar-refractivity contribution in [2.45, 2.75) is 77.6 Å². The molecule has 11 rings (SSSR count). The molecule has 0 N–H and O–H groups in total. The fourth-order valence-corrected chi connectivity index (χ4v) is 15.3. The van der Waals surface area contributed by atoms with Gasteiger partial charge >= 0.3 is 316 Å². The molecule has 7 aromatic rings. The van der Waals surface area contributed by atoms with E-state index in [0.29, 0.717) is 6.71 Å². The van der Waals surface area contributed by atoms with E-state index in [-0.39, 0.29) is 35.3 Å². The Kier molecular flexibility index (Phi) is 6.89. The molecule has 51 heavy (non-hydrogen) atoms. The van der Waals surface area contributed by atoms with Gasteiger partial charge in [-0.05, 0) is 0 Å². The third kappa shape index (κ3) is 4.61. The van der Waals surface area contributed by atoms with E-state index in [0.717, 1.165) is 0 Å². The first-order valence-corrected chi connectivity index (χ1v) is 22.4. The van der Waals surface area contributed by atoms with Crippen LogP contribution >= 0.6 is 0 Å². The Morgan fingerprint density at radius 2 is 1.00 bits per heavy atom. The molecule has 250 valence electrons. The number of hydrogen-bond acceptors (Lipinski definition) is 0. The van der Waals surface area contributed by atoms with Crippen LogP contribution in [0.2, 0.25) is 0 Å². The third-order valence-corrected chi connectivity index (χ3v) is 16.9. The first kappa shape index (κ1) is 30.9. The summed E-state index contributed by atoms with van der Waals surface area (Å²) < 4.78 is 11.6. The zero-order valence-electron chi connectivity index (χ0n) is 29.7. The van der Waals surface area contributed by atoms with E-state index < -0.39 is 0 Å². The Morgan fingerprint density at radius 3 is 1.49 bits per heavy atom. The molecule has 0 atom stereocenters. The summed E-state index contributed by atoms with van der Waals surface area (Å²) in [6, 6.07) is 38.6. The molecule has 2 aliphatic heterocycles. The van der Waals surface area contributed by atoms with E-state index in [2.05, 4.69) is 127 Å². The number of aromatic nitrogens is 2. The van der Waals surface area contributed by atoms with Crippen molar-refractivity contribution in [1.29, 1.82) is 0 Å². The van der Waals surface area contributed by atoms with Gasteiger partial charge in [-0.2, -0.15) is 0 Å². The fraction of sp³-hybridized carbons (Fsp3) is 0.261. The number of nitrogens with zero attached hydrogens (tertiary/aromatic N) is 2. The summed E-state index contributed by atoms with van der Waals surface area (Å²) >= 11 is 0.514. The van der Waals surface area contributed by atoms with E-state index in [1.807, 2.05) is 0 Å². The number of rotatable bonds is 2. The minimum absolute atomic E-state index is 0.115. The maximum absolute atomic E-state index is 2.62. The van der Waals surface area contributed by atoms with Crippen molar-refractivity contribution >= 4 is 92.7 Å². The van der Waals surface area contributed by atoms with Gasteiger partial charge in [0.1, 0.15) is 0 Å². The van der Waals surface area contributed by atoms with Crippen molar-refractivity contribution in [3.8, 4) is 11.4 Å². The maximum atomic E-state index is 2.62. The predicted molar refractivity (Wildman–Crippen MR) is 220 cm³/mol. The Morgan fingerprint density at radius 1 is 0.529 bits per heavy atom. The van der Waals surface area contributed by atoms with Crippen LogP contribution in [0.3, 0.4) is 0 Å². The molecule has 2 aliphatic carbocycles. The normalized spacial score (nSPS) is 16.1. The van der Waals surface area contributed by atoms with Crippen LogP contribution in [0.25, 0.3) is 33.2 Å². The average molecular weight is 791 g/mol. The van der Waals surface area contributed by atoms with Crippen LogP contribution in [0, 0.1) is 0 Å². The summed E-state index contributed by atoms with van der Waals surface area (Å²) in [6.07, 6.45) is 9.93. The van der Waals surface area contributed by atoms with E-state index in [9.17, 15) is 0 Å². The van der Waals surface area contributed by atoms with Gasteiger partial charge in [0.25, 0.3) is 0 Å². The van der Waals surface area contributed by atoms with Crippen molar-refractivity contribution < 1.29 is 0 Å². The van der Waals surface area contributed by atoms with Gasteiger partial charge in [0.05, 0.1) is 0 Å². The second-order valence-corrected chi connectivity index (χ2v) is 20.7. The Labute approximate surface area is 314 Å². The zero-order chi connectivity index (χ0) is 34.0. The minimum atomic E-state index is 0.115. The summed E-state index contributed by atoms with van der Waals surface area (Å²) in [4.78, 5) is 0. The van der Waals surface area contributed by atoms with Crippen LogP contribution in [-0.4, -0.2) is 45.8 Å². The first-order chi connectivity index (χ1) is 24.9. The number of fused-ring (bicyclic) bond motifs is 10. The van der Waals surface area contributed by atoms with Crippen LogP contribution in [0.15, 0.2) is 97.1 Å². The van der Waals surface area contributed by atoms with Gasteiger partial charge in [-0.3, -0.25) is 0 Å². The molecule has 5 heteroatoms. The van der Waals surface area contributed by atoms with Crippen LogP contribution < -0.4 is 34.2 Å². The van der Waals surface area contributed by atoms with Crippen molar-refractivity contribution in [3.05, 3.63) is 125 Å². The quantitative estimate of drug-likeness (QED) is 0.217. The molecule has 5 aromatic carbocycles. The van der Waals surface area contributed by atoms with Crippen LogP contribution in [0.5, 0.6) is 0 Å². The molecule has 2 nitrogen and oxygen atoms in total. The summed E-state index contributed by atoms with van der Waals surface area (Å²) in [6.45, 7) is 7.48. The summed E-state index contributed by atoms with van der Waals surface area (Å²) in [5, 5.41) is 2.91. The topological polar surface area (TPSA) is 9.86 Å². The second-order valence-electron chi connectivity index (χ2n) is 16.2. The van der Waals surface area contributed by atoms with E-state index in [1.165, 1.54) is 101 Å². The van der Waals surface area contributed by atoms with Gasteiger partial charge in [0.2, 0.25) is 0 Å². The molecular formula is C46H41BN2Se2. The monoisotopic (exact) mass is 792 g/mol. The molecule has 4 heterocycles. The summed E-state index contributed by atoms with van der Waals surface area (Å²) in [5.41, 5.74) is 18.0. The first-order valence-electron chi connectivity index (χ1n) is 19.0. The van der Waals surface area contributed by atoms with E-state index >= 15 is 0 Å². The second kappa shape index (κ2) is 11.4. The Balaban J connectivity index is 1.10. The molecule has 0 spiro atoms. The van der Waals surface area contributed by atoms with Crippen LogP contribution in [0.1, 0.15) is 74.5 Å². The molecule has 0 saturated carbocycles. The van der Waals surface area contributed by atoms with Crippen LogP contribution in [0.4, 0.5) is 0 Å². The molecule has 4 aliphatic rings. The van der Waals surface area contributed by atoms with Gasteiger partial charge in [0.15, 0.2) is 0 Å². The van der Waals surface area contributed by atoms with Crippen LogP contribution in [-0.2, 0) is 31.1 Å². The zero-order valence-corrected chi connectivity index (χ0v) is 33.1. The van der Waals surface area contributed by atoms with Gasteiger partial charge in [-0.15, -0.1) is 0 Å². The van der Waals surface area contributed by atoms with Crippen molar-refractivity contribution in [1.82, 2.24) is 9.13 Å². The average Bonchev–Trinajstić information content (AvgIpc) is 3.67. The number of benzene rings is 5. The molecule has 0 fully saturated rings. The van der Waals surface area contributed by atoms with E-state index in [1.54, 1.807) is 45.8 Å². The molecular weight excluding hydrogens is 749 g/mol. The molecule has 0 unspecified atom stereocenters. The van der Waals surface area contributed by atoms with Crippen molar-refractivity contribution in [3.63, 3.8) is 0 Å². The number of hydrogen-bond donors (Lipinski definition) is 0. The number of aryl methyl sites for hydroxylation is 2. The number of para-hydroxylation sites is 2. The Hall–Kier alpha value is -3.72. The van der Waals surface area contributed by atoms with E-state index in [4.69, 9.17) is 0 Å². The molecule has 0 bridgehead atoms. The summed E-state index contributed by atoms with van der Waals surface area (Å²) in [5.74, 6) is 0. The molecule has 2 aromatic heterocycles. The predicted octanol–water partition coefficient (Wildman–Crippen LogP) is 5.08. The molecule has 0 amide bonds. The molecule has 0 radical (unpaired) electrons. The summed E-state index contributed by atoms with van der Waals surface area (Å²) in [7, 11) is 0. The van der Waals surface area contributed by atoms with Crippen molar-refractivity contribution in [2.24, 2.45) is 0 Å². The Bertz CT molecular complexity index is 2430. The third-order valence-electron chi connectivity index (χ3n) is 12.2. The van der Waals surface area contributed by atoms with Gasteiger partial charge in [-0.25, -0.2) is 0 Å². The SMILES string of the molecule is CC(C)(C)c1cc2c3c(c1)[Se]c1cc(-n4c5c(c6ccccc64)CCCC5)ccc1B3c1ccc(-n3c4c(c5ccccc53)CCCC4)cc1[Se]2. The van der Waals surface area contributed by atoms with Gasteiger partial charge in [-0.1, -0.05) is 0 Å². The standard InChI is InChI=1S/C46H41BN2Se2/c1-46(2,3)28-24-43-45-44(25-28)51-42-27-30(49-39-18-10-6-14-33(39)34-15-7-11-19-40(34)49)21-23-36(42)47(45)35-22-20-29(26-41(35)50-43)48-37-16-8-4-12-31(37)32-13-5-9-17-38(32)48/h4,6,8,10,12,14,16,18,20-27H,5,7,9,11,13,15,17,19H2,1-3H3. The van der Waals surface area contributed by atoms with Crippen molar-refractivity contribution in [2.75, 3.05) is 0 Å². The van der Waals surface area contributed by atoms with Gasteiger partial charge < -0.3 is 0 Å². The molecule has 0 saturated heterocycles. The van der Waals surface area contributed by atoms with Gasteiger partial charge in [0, 0.05) is 0 Å². The fourth-order valence-electron chi connectivity index (χ4n) is 9.76.